The lowest BCUT2D eigenvalue weighted by molar-refractivity contribution is 0.415. The molecule has 1 aromatic carbocycles. The summed E-state index contributed by atoms with van der Waals surface area (Å²) in [6.45, 7) is 0.675. The van der Waals surface area contributed by atoms with Crippen LogP contribution in [0.5, 0.6) is 5.75 Å². The quantitative estimate of drug-likeness (QED) is 0.875. The van der Waals surface area contributed by atoms with Gasteiger partial charge in [0.2, 0.25) is 0 Å². The van der Waals surface area contributed by atoms with E-state index < -0.39 is 0 Å². The fourth-order valence-corrected chi connectivity index (χ4v) is 1.74. The van der Waals surface area contributed by atoms with Gasteiger partial charge in [0.25, 0.3) is 0 Å². The molecule has 0 spiro atoms. The van der Waals surface area contributed by atoms with Gasteiger partial charge in [0, 0.05) is 26.1 Å². The van der Waals surface area contributed by atoms with Crippen molar-refractivity contribution in [3.05, 3.63) is 35.9 Å². The number of nitrogens with zero attached hydrogens (tertiary/aromatic N) is 4. The van der Waals surface area contributed by atoms with Crippen LogP contribution < -0.4 is 10.1 Å². The maximum atomic E-state index is 9.05. The number of methoxy groups -OCH3 is 1. The molecule has 1 aromatic heterocycles. The lowest BCUT2D eigenvalue weighted by atomic mass is 10.2. The highest BCUT2D eigenvalue weighted by Crippen LogP contribution is 2.21. The van der Waals surface area contributed by atoms with Gasteiger partial charge >= 0.3 is 0 Å². The zero-order valence-corrected chi connectivity index (χ0v) is 10.9. The molecule has 0 atom stereocenters. The summed E-state index contributed by atoms with van der Waals surface area (Å²) in [5.41, 5.74) is 1.36. The van der Waals surface area contributed by atoms with Crippen LogP contribution >= 0.6 is 0 Å². The number of hydrogen-bond acceptors (Lipinski definition) is 5. The highest BCUT2D eigenvalue weighted by atomic mass is 16.5. The van der Waals surface area contributed by atoms with Crippen LogP contribution in [-0.4, -0.2) is 28.4 Å². The van der Waals surface area contributed by atoms with Gasteiger partial charge in [-0.3, -0.25) is 0 Å². The summed E-state index contributed by atoms with van der Waals surface area (Å²) in [5.74, 6) is 1.62. The molecule has 0 saturated carbocycles. The summed E-state index contributed by atoms with van der Waals surface area (Å²) < 4.78 is 7.02. The molecule has 0 aliphatic carbocycles. The molecule has 6 nitrogen and oxygen atoms in total. The van der Waals surface area contributed by atoms with Crippen LogP contribution in [-0.2, 0) is 13.5 Å². The van der Waals surface area contributed by atoms with Crippen molar-refractivity contribution in [1.82, 2.24) is 14.8 Å². The topological polar surface area (TPSA) is 75.8 Å². The fourth-order valence-electron chi connectivity index (χ4n) is 1.74. The second-order valence-electron chi connectivity index (χ2n) is 4.06. The van der Waals surface area contributed by atoms with E-state index >= 15 is 0 Å². The zero-order chi connectivity index (χ0) is 13.7. The molecule has 19 heavy (non-hydrogen) atoms. The van der Waals surface area contributed by atoms with Crippen molar-refractivity contribution in [1.29, 1.82) is 5.26 Å². The number of nitrogens with one attached hydrogen (secondary N) is 1. The summed E-state index contributed by atoms with van der Waals surface area (Å²) in [5, 5.41) is 20.1. The Bertz CT molecular complexity index is 599. The number of ether oxygens (including phenoxy) is 1. The predicted octanol–water partition coefficient (Wildman–Crippen LogP) is 1.35. The molecule has 0 unspecified atom stereocenters. The third-order valence-corrected chi connectivity index (χ3v) is 2.82. The molecule has 0 aliphatic heterocycles. The number of hydrogen-bond donors (Lipinski definition) is 1. The molecule has 2 rings (SSSR count). The van der Waals surface area contributed by atoms with Crippen molar-refractivity contribution < 1.29 is 4.74 Å². The Balaban J connectivity index is 2.03. The van der Waals surface area contributed by atoms with Gasteiger partial charge in [-0.05, 0) is 12.1 Å². The molecule has 1 heterocycles. The number of nitriles is 1. The van der Waals surface area contributed by atoms with Crippen molar-refractivity contribution in [2.75, 3.05) is 19.0 Å². The van der Waals surface area contributed by atoms with Crippen molar-refractivity contribution in [2.45, 2.75) is 6.42 Å². The largest absolute Gasteiger partial charge is 0.497 e. The van der Waals surface area contributed by atoms with Crippen molar-refractivity contribution in [3.63, 3.8) is 0 Å². The van der Waals surface area contributed by atoms with Gasteiger partial charge < -0.3 is 14.6 Å². The van der Waals surface area contributed by atoms with E-state index in [0.717, 1.165) is 23.7 Å². The van der Waals surface area contributed by atoms with Crippen LogP contribution in [0.4, 0.5) is 5.69 Å². The SMILES string of the molecule is COc1ccc(C#N)c(NCCc2nncn2C)c1. The maximum Gasteiger partial charge on any atom is 0.134 e. The monoisotopic (exact) mass is 257 g/mol. The highest BCUT2D eigenvalue weighted by Gasteiger charge is 2.05. The number of rotatable bonds is 5. The highest BCUT2D eigenvalue weighted by molar-refractivity contribution is 5.60. The Morgan fingerprint density at radius 2 is 2.32 bits per heavy atom. The van der Waals surface area contributed by atoms with E-state index in [1.807, 2.05) is 17.7 Å². The molecule has 0 radical (unpaired) electrons. The Hall–Kier alpha value is -2.55. The maximum absolute atomic E-state index is 9.05. The van der Waals surface area contributed by atoms with Crippen LogP contribution in [0.1, 0.15) is 11.4 Å². The van der Waals surface area contributed by atoms with Crippen LogP contribution in [0.2, 0.25) is 0 Å². The molecule has 98 valence electrons. The van der Waals surface area contributed by atoms with E-state index in [4.69, 9.17) is 10.00 Å². The first-order valence-corrected chi connectivity index (χ1v) is 5.89. The first-order valence-electron chi connectivity index (χ1n) is 5.89. The van der Waals surface area contributed by atoms with E-state index in [2.05, 4.69) is 21.6 Å². The van der Waals surface area contributed by atoms with Gasteiger partial charge in [-0.1, -0.05) is 0 Å². The standard InChI is InChI=1S/C13H15N5O/c1-18-9-16-17-13(18)5-6-15-12-7-11(19-2)4-3-10(12)8-14/h3-4,7,9,15H,5-6H2,1-2H3. The van der Waals surface area contributed by atoms with Crippen LogP contribution in [0.15, 0.2) is 24.5 Å². The van der Waals surface area contributed by atoms with Gasteiger partial charge in [0.1, 0.15) is 24.0 Å². The normalized spacial score (nSPS) is 9.95. The zero-order valence-electron chi connectivity index (χ0n) is 10.9. The first kappa shape index (κ1) is 12.9. The predicted molar refractivity (Wildman–Crippen MR) is 70.9 cm³/mol. The van der Waals surface area contributed by atoms with E-state index in [1.54, 1.807) is 25.6 Å². The number of benzene rings is 1. The van der Waals surface area contributed by atoms with Gasteiger partial charge in [-0.2, -0.15) is 5.26 Å². The van der Waals surface area contributed by atoms with Gasteiger partial charge in [-0.25, -0.2) is 0 Å². The lowest BCUT2D eigenvalue weighted by Crippen LogP contribution is -2.09. The second kappa shape index (κ2) is 5.87. The van der Waals surface area contributed by atoms with E-state index in [1.165, 1.54) is 0 Å². The van der Waals surface area contributed by atoms with E-state index in [9.17, 15) is 0 Å². The second-order valence-corrected chi connectivity index (χ2v) is 4.06. The molecule has 0 amide bonds. The van der Waals surface area contributed by atoms with Crippen LogP contribution in [0.25, 0.3) is 0 Å². The van der Waals surface area contributed by atoms with Gasteiger partial charge in [-0.15, -0.1) is 10.2 Å². The number of aromatic nitrogens is 3. The van der Waals surface area contributed by atoms with Crippen molar-refractivity contribution in [3.8, 4) is 11.8 Å². The van der Waals surface area contributed by atoms with Crippen LogP contribution in [0, 0.1) is 11.3 Å². The lowest BCUT2D eigenvalue weighted by Gasteiger charge is -2.09. The number of anilines is 1. The fraction of sp³-hybridized carbons (Fsp3) is 0.308. The summed E-state index contributed by atoms with van der Waals surface area (Å²) in [4.78, 5) is 0. The van der Waals surface area contributed by atoms with Crippen LogP contribution in [0.3, 0.4) is 0 Å². The summed E-state index contributed by atoms with van der Waals surface area (Å²) in [6, 6.07) is 7.48. The molecule has 0 fully saturated rings. The summed E-state index contributed by atoms with van der Waals surface area (Å²) in [7, 11) is 3.51. The first-order chi connectivity index (χ1) is 9.24. The average molecular weight is 257 g/mol. The molecule has 0 saturated heterocycles. The molecule has 0 aliphatic rings. The molecule has 6 heteroatoms. The smallest absolute Gasteiger partial charge is 0.134 e. The Morgan fingerprint density at radius 1 is 1.47 bits per heavy atom. The summed E-state index contributed by atoms with van der Waals surface area (Å²) >= 11 is 0. The van der Waals surface area contributed by atoms with E-state index in [-0.39, 0.29) is 0 Å². The Labute approximate surface area is 111 Å². The van der Waals surface area contributed by atoms with Crippen molar-refractivity contribution in [2.24, 2.45) is 7.05 Å². The van der Waals surface area contributed by atoms with E-state index in [0.29, 0.717) is 12.1 Å². The average Bonchev–Trinajstić information content (AvgIpc) is 2.84. The van der Waals surface area contributed by atoms with Gasteiger partial charge in [0.15, 0.2) is 0 Å². The molecule has 1 N–H and O–H groups in total. The molecule has 0 bridgehead atoms. The van der Waals surface area contributed by atoms with Crippen molar-refractivity contribution >= 4 is 5.69 Å². The molecular weight excluding hydrogens is 242 g/mol. The number of aryl methyl sites for hydroxylation is 1. The minimum absolute atomic E-state index is 0.596. The third kappa shape index (κ3) is 3.01. The Morgan fingerprint density at radius 3 is 2.95 bits per heavy atom. The minimum atomic E-state index is 0.596. The minimum Gasteiger partial charge on any atom is -0.497 e. The molecular formula is C13H15N5O. The van der Waals surface area contributed by atoms with Gasteiger partial charge in [0.05, 0.1) is 18.4 Å². The summed E-state index contributed by atoms with van der Waals surface area (Å²) in [6.07, 6.45) is 2.40. The molecule has 2 aromatic rings. The Kier molecular flexibility index (Phi) is 3.98. The third-order valence-electron chi connectivity index (χ3n) is 2.82.